The molecule has 9 nitrogen and oxygen atoms in total. The zero-order valence-electron chi connectivity index (χ0n) is 21.4. The number of halogens is 2. The van der Waals surface area contributed by atoms with Crippen molar-refractivity contribution in [1.29, 1.82) is 0 Å². The molecule has 1 aliphatic carbocycles. The number of amides is 1. The Morgan fingerprint density at radius 1 is 1.18 bits per heavy atom. The van der Waals surface area contributed by atoms with Crippen LogP contribution in [-0.4, -0.2) is 65.7 Å². The summed E-state index contributed by atoms with van der Waals surface area (Å²) < 4.78 is 43.0. The minimum absolute atomic E-state index is 0.0150. The van der Waals surface area contributed by atoms with Crippen molar-refractivity contribution in [1.82, 2.24) is 9.62 Å². The molecule has 0 bridgehead atoms. The van der Waals surface area contributed by atoms with Gasteiger partial charge in [0.05, 0.1) is 0 Å². The molecule has 38 heavy (non-hydrogen) atoms. The molecule has 1 amide bonds. The Morgan fingerprint density at radius 3 is 2.50 bits per heavy atom. The van der Waals surface area contributed by atoms with E-state index in [9.17, 15) is 23.3 Å². The van der Waals surface area contributed by atoms with Gasteiger partial charge in [-0.1, -0.05) is 0 Å². The molecule has 0 aromatic heterocycles. The number of nitrogens with one attached hydrogen (secondary N) is 2. The zero-order chi connectivity index (χ0) is 27.8. The fourth-order valence-corrected chi connectivity index (χ4v) is 7.87. The van der Waals surface area contributed by atoms with Gasteiger partial charge in [-0.05, 0) is 0 Å². The van der Waals surface area contributed by atoms with E-state index in [0.29, 0.717) is 27.9 Å². The molecule has 0 heterocycles. The number of alkyl halides is 1. The van der Waals surface area contributed by atoms with Crippen molar-refractivity contribution in [3.63, 3.8) is 0 Å². The van der Waals surface area contributed by atoms with Gasteiger partial charge in [-0.2, -0.15) is 0 Å². The average Bonchev–Trinajstić information content (AvgIpc) is 2.87. The second-order valence-corrected chi connectivity index (χ2v) is 14.7. The maximum atomic E-state index is 15.0. The van der Waals surface area contributed by atoms with Crippen LogP contribution in [-0.2, 0) is 14.8 Å². The van der Waals surface area contributed by atoms with Crippen LogP contribution in [0.4, 0.5) is 10.1 Å². The fourth-order valence-electron chi connectivity index (χ4n) is 4.08. The van der Waals surface area contributed by atoms with E-state index in [1.807, 2.05) is 49.1 Å². The number of hydrogen-bond acceptors (Lipinski definition) is 7. The van der Waals surface area contributed by atoms with Gasteiger partial charge >= 0.3 is 239 Å². The molecule has 1 atom stereocenters. The van der Waals surface area contributed by atoms with Gasteiger partial charge in [0, 0.05) is 0 Å². The monoisotopic (exact) mass is 680 g/mol. The van der Waals surface area contributed by atoms with E-state index in [1.165, 1.54) is 18.2 Å². The van der Waals surface area contributed by atoms with E-state index < -0.39 is 43.1 Å². The van der Waals surface area contributed by atoms with Crippen LogP contribution >= 0.6 is 11.8 Å². The van der Waals surface area contributed by atoms with E-state index in [4.69, 9.17) is 0 Å². The molecule has 0 radical (unpaired) electrons. The van der Waals surface area contributed by atoms with E-state index in [0.717, 1.165) is 24.3 Å². The van der Waals surface area contributed by atoms with Gasteiger partial charge < -0.3 is 0 Å². The Hall–Kier alpha value is -1.97. The molecule has 2 aromatic carbocycles. The Labute approximate surface area is 238 Å². The molecular formula is C25H34FIN4O5S2. The van der Waals surface area contributed by atoms with Crippen LogP contribution in [0.15, 0.2) is 58.3 Å². The summed E-state index contributed by atoms with van der Waals surface area (Å²) in [5, 5.41) is 12.9. The standard InChI is InChI=1S/C25H34FIN4O5S2/c1-30(2)16-13-19(18-37-20-9-5-3-6-10-20)28-23-12-11-21(17-22(23)27-31(33)34)38(35,36)29-24(32)25(26)14-7-4-8-15-25/h3,5-6,9-12,17,19,28H,4,7-8,13-16,18H2,1-2H3,(H,29,32)(H,33,34)/t19-/m1/s1. The van der Waals surface area contributed by atoms with E-state index >= 15 is 4.39 Å². The summed E-state index contributed by atoms with van der Waals surface area (Å²) in [5.74, 6) is -0.449. The van der Waals surface area contributed by atoms with Crippen molar-refractivity contribution in [2.24, 2.45) is 0 Å². The molecule has 3 rings (SSSR count). The molecule has 1 fully saturated rings. The number of carbonyl (C=O) groups is 1. The Kier molecular flexibility index (Phi) is 11.2. The van der Waals surface area contributed by atoms with Crippen LogP contribution in [0.25, 0.3) is 0 Å². The third-order valence-electron chi connectivity index (χ3n) is 6.17. The molecule has 0 saturated heterocycles. The number of nitrogens with zero attached hydrogens (tertiary/aromatic N) is 2. The van der Waals surface area contributed by atoms with Crippen molar-refractivity contribution in [2.75, 3.05) is 31.7 Å². The van der Waals surface area contributed by atoms with E-state index in [-0.39, 0.29) is 26.9 Å². The summed E-state index contributed by atoms with van der Waals surface area (Å²) in [5.41, 5.74) is -1.68. The van der Waals surface area contributed by atoms with Gasteiger partial charge in [-0.15, -0.1) is 0 Å². The number of thioether (sulfide) groups is 1. The summed E-state index contributed by atoms with van der Waals surface area (Å²) in [7, 11) is -0.432. The van der Waals surface area contributed by atoms with Crippen LogP contribution in [0.5, 0.6) is 0 Å². The SMILES string of the molecule is CN(C)CC[C@H](CSc1ccccc1)Nc1ccc(S(=O)(=O)NC(=O)C2(F)CCCCC2)cc1[I-][N+](=O)O. The van der Waals surface area contributed by atoms with Crippen LogP contribution < -0.4 is 31.5 Å². The maximum absolute atomic E-state index is 15.0. The molecule has 1 aliphatic rings. The first kappa shape index (κ1) is 30.6. The van der Waals surface area contributed by atoms with Crippen LogP contribution in [0, 0.1) is 8.48 Å². The van der Waals surface area contributed by atoms with Gasteiger partial charge in [0.25, 0.3) is 0 Å². The van der Waals surface area contributed by atoms with Crippen LogP contribution in [0.2, 0.25) is 0 Å². The number of anilines is 1. The van der Waals surface area contributed by atoms with Crippen molar-refractivity contribution >= 4 is 33.4 Å². The number of sulfonamides is 1. The summed E-state index contributed by atoms with van der Waals surface area (Å²) in [6.45, 7) is 0.800. The predicted octanol–water partition coefficient (Wildman–Crippen LogP) is 1.03. The third kappa shape index (κ3) is 9.06. The Bertz CT molecular complexity index is 1210. The topological polar surface area (TPSA) is 119 Å². The molecule has 1 saturated carbocycles. The van der Waals surface area contributed by atoms with E-state index in [1.54, 1.807) is 11.8 Å². The molecule has 13 heteroatoms. The predicted molar refractivity (Wildman–Crippen MR) is 141 cm³/mol. The number of carbonyl (C=O) groups excluding carboxylic acids is 1. The first-order valence-corrected chi connectivity index (χ1v) is 16.8. The van der Waals surface area contributed by atoms with Crippen molar-refractivity contribution in [3.05, 3.63) is 57.0 Å². The van der Waals surface area contributed by atoms with Gasteiger partial charge in [-0.3, -0.25) is 0 Å². The molecule has 0 aliphatic heterocycles. The summed E-state index contributed by atoms with van der Waals surface area (Å²) in [4.78, 5) is 27.0. The Morgan fingerprint density at radius 2 is 1.87 bits per heavy atom. The van der Waals surface area contributed by atoms with Crippen molar-refractivity contribution in [2.45, 2.75) is 60.0 Å². The Balaban J connectivity index is 1.81. The second kappa shape index (κ2) is 13.9. The number of benzene rings is 2. The molecule has 0 spiro atoms. The second-order valence-electron chi connectivity index (χ2n) is 9.47. The van der Waals surface area contributed by atoms with Gasteiger partial charge in [-0.25, -0.2) is 0 Å². The average molecular weight is 681 g/mol. The van der Waals surface area contributed by atoms with Gasteiger partial charge in [0.2, 0.25) is 0 Å². The van der Waals surface area contributed by atoms with Crippen molar-refractivity contribution in [3.8, 4) is 0 Å². The number of rotatable bonds is 13. The quantitative estimate of drug-likeness (QED) is 0.124. The number of hydrogen-bond donors (Lipinski definition) is 3. The van der Waals surface area contributed by atoms with Crippen molar-refractivity contribution < 1.29 is 47.4 Å². The first-order valence-electron chi connectivity index (χ1n) is 12.3. The zero-order valence-corrected chi connectivity index (χ0v) is 25.2. The summed E-state index contributed by atoms with van der Waals surface area (Å²) >= 11 is 0.00367. The summed E-state index contributed by atoms with van der Waals surface area (Å²) in [6, 6.07) is 14.0. The summed E-state index contributed by atoms with van der Waals surface area (Å²) in [6.07, 6.45) is 2.59. The molecule has 3 N–H and O–H groups in total. The van der Waals surface area contributed by atoms with Crippen LogP contribution in [0.1, 0.15) is 38.5 Å². The van der Waals surface area contributed by atoms with Gasteiger partial charge in [0.1, 0.15) is 0 Å². The minimum atomic E-state index is -4.38. The molecule has 210 valence electrons. The molecule has 0 unspecified atom stereocenters. The first-order chi connectivity index (χ1) is 18.0. The normalized spacial score (nSPS) is 16.2. The fraction of sp³-hybridized carbons (Fsp3) is 0.480. The van der Waals surface area contributed by atoms with Crippen LogP contribution in [0.3, 0.4) is 0 Å². The molecular weight excluding hydrogens is 646 g/mol. The third-order valence-corrected chi connectivity index (χ3v) is 10.5. The van der Waals surface area contributed by atoms with E-state index in [2.05, 4.69) is 10.2 Å². The van der Waals surface area contributed by atoms with Gasteiger partial charge in [0.15, 0.2) is 0 Å². The molecule has 2 aromatic rings.